The summed E-state index contributed by atoms with van der Waals surface area (Å²) in [6.45, 7) is -0.277. The highest BCUT2D eigenvalue weighted by atomic mass is 35.5. The number of carbonyl (C=O) groups is 1. The number of hydrogen-bond donors (Lipinski definition) is 0. The Hall–Kier alpha value is -3.34. The van der Waals surface area contributed by atoms with E-state index in [0.29, 0.717) is 0 Å². The van der Waals surface area contributed by atoms with E-state index in [2.05, 4.69) is 20.3 Å². The Labute approximate surface area is 173 Å². The van der Waals surface area contributed by atoms with Crippen LogP contribution in [0, 0.1) is 0 Å². The normalized spacial score (nSPS) is 11.3. The quantitative estimate of drug-likeness (QED) is 0.538. The van der Waals surface area contributed by atoms with Crippen molar-refractivity contribution in [1.29, 1.82) is 0 Å². The lowest BCUT2D eigenvalue weighted by Crippen LogP contribution is -2.14. The van der Waals surface area contributed by atoms with Gasteiger partial charge < -0.3 is 14.2 Å². The number of nitrogens with zero attached hydrogens (tertiary/aromatic N) is 4. The van der Waals surface area contributed by atoms with E-state index >= 15 is 0 Å². The van der Waals surface area contributed by atoms with E-state index < -0.39 is 17.7 Å². The van der Waals surface area contributed by atoms with Crippen LogP contribution in [0.25, 0.3) is 5.69 Å². The summed E-state index contributed by atoms with van der Waals surface area (Å²) in [7, 11) is 2.61. The molecule has 0 saturated heterocycles. The van der Waals surface area contributed by atoms with Gasteiger partial charge in [-0.3, -0.25) is 0 Å². The van der Waals surface area contributed by atoms with Crippen molar-refractivity contribution in [2.75, 3.05) is 14.2 Å². The Kier molecular flexibility index (Phi) is 6.11. The number of methoxy groups -OCH3 is 2. The largest absolute Gasteiger partial charge is 0.493 e. The second-order valence-corrected chi connectivity index (χ2v) is 6.25. The second-order valence-electron chi connectivity index (χ2n) is 5.81. The van der Waals surface area contributed by atoms with Crippen LogP contribution in [-0.2, 0) is 17.5 Å². The number of rotatable bonds is 6. The summed E-state index contributed by atoms with van der Waals surface area (Å²) in [5, 5.41) is 10.7. The third-order valence-corrected chi connectivity index (χ3v) is 4.20. The van der Waals surface area contributed by atoms with E-state index in [4.69, 9.17) is 21.1 Å². The number of ether oxygens (including phenoxy) is 3. The Balaban J connectivity index is 1.89. The third-order valence-electron chi connectivity index (χ3n) is 3.97. The maximum atomic E-state index is 13.4. The minimum Gasteiger partial charge on any atom is -0.493 e. The van der Waals surface area contributed by atoms with Gasteiger partial charge in [0.25, 0.3) is 0 Å². The lowest BCUT2D eigenvalue weighted by Gasteiger charge is -2.15. The van der Waals surface area contributed by atoms with Crippen molar-refractivity contribution in [1.82, 2.24) is 20.2 Å². The van der Waals surface area contributed by atoms with Gasteiger partial charge in [0.2, 0.25) is 0 Å². The van der Waals surface area contributed by atoms with Gasteiger partial charge in [0.05, 0.1) is 31.0 Å². The molecule has 0 aliphatic carbocycles. The van der Waals surface area contributed by atoms with Crippen molar-refractivity contribution >= 4 is 17.6 Å². The molecule has 0 aliphatic rings. The number of aromatic nitrogens is 4. The lowest BCUT2D eigenvalue weighted by molar-refractivity contribution is -0.137. The van der Waals surface area contributed by atoms with Crippen LogP contribution in [0.1, 0.15) is 21.7 Å². The van der Waals surface area contributed by atoms with Crippen molar-refractivity contribution in [2.24, 2.45) is 0 Å². The summed E-state index contributed by atoms with van der Waals surface area (Å²) in [6, 6.07) is 7.57. The smallest absolute Gasteiger partial charge is 0.418 e. The number of tetrazole rings is 1. The molecule has 0 saturated carbocycles. The van der Waals surface area contributed by atoms with Crippen LogP contribution in [0.5, 0.6) is 11.5 Å². The van der Waals surface area contributed by atoms with Gasteiger partial charge in [-0.2, -0.15) is 17.9 Å². The van der Waals surface area contributed by atoms with Gasteiger partial charge in [0.1, 0.15) is 0 Å². The molecule has 0 radical (unpaired) electrons. The van der Waals surface area contributed by atoms with Gasteiger partial charge in [0.15, 0.2) is 23.9 Å². The summed E-state index contributed by atoms with van der Waals surface area (Å²) in [5.41, 5.74) is -1.06. The third kappa shape index (κ3) is 4.46. The average molecular weight is 443 g/mol. The topological polar surface area (TPSA) is 88.4 Å². The molecule has 158 valence electrons. The molecule has 0 bridgehead atoms. The van der Waals surface area contributed by atoms with Crippen LogP contribution in [0.3, 0.4) is 0 Å². The van der Waals surface area contributed by atoms with Gasteiger partial charge in [-0.25, -0.2) is 4.79 Å². The minimum atomic E-state index is -4.67. The maximum absolute atomic E-state index is 13.4. The summed E-state index contributed by atoms with van der Waals surface area (Å²) < 4.78 is 56.6. The molecule has 1 aromatic heterocycles. The van der Waals surface area contributed by atoms with E-state index in [1.807, 2.05) is 0 Å². The van der Waals surface area contributed by atoms with Crippen molar-refractivity contribution < 1.29 is 32.2 Å². The number of benzene rings is 2. The molecule has 3 aromatic rings. The molecular formula is C18H14ClF3N4O4. The molecule has 1 heterocycles. The fraction of sp³-hybridized carbons (Fsp3) is 0.222. The lowest BCUT2D eigenvalue weighted by atomic mass is 10.1. The molecule has 0 amide bonds. The fourth-order valence-corrected chi connectivity index (χ4v) is 2.75. The summed E-state index contributed by atoms with van der Waals surface area (Å²) in [5.74, 6) is -0.112. The van der Waals surface area contributed by atoms with Gasteiger partial charge in [-0.1, -0.05) is 11.6 Å². The molecule has 2 aromatic carbocycles. The van der Waals surface area contributed by atoms with Crippen molar-refractivity contribution in [3.8, 4) is 17.2 Å². The van der Waals surface area contributed by atoms with Crippen molar-refractivity contribution in [3.63, 3.8) is 0 Å². The Bertz CT molecular complexity index is 1070. The predicted molar refractivity (Wildman–Crippen MR) is 97.8 cm³/mol. The van der Waals surface area contributed by atoms with Crippen LogP contribution < -0.4 is 9.47 Å². The molecule has 0 spiro atoms. The maximum Gasteiger partial charge on any atom is 0.418 e. The molecule has 0 aliphatic heterocycles. The zero-order valence-corrected chi connectivity index (χ0v) is 16.4. The number of alkyl halides is 3. The number of esters is 1. The van der Waals surface area contributed by atoms with Crippen LogP contribution in [0.2, 0.25) is 5.02 Å². The van der Waals surface area contributed by atoms with Gasteiger partial charge in [0, 0.05) is 5.02 Å². The molecule has 0 atom stereocenters. The van der Waals surface area contributed by atoms with Gasteiger partial charge in [-0.05, 0) is 46.8 Å². The predicted octanol–water partition coefficient (Wildman–Crippen LogP) is 3.71. The Morgan fingerprint density at radius 2 is 1.90 bits per heavy atom. The van der Waals surface area contributed by atoms with Crippen LogP contribution in [0.15, 0.2) is 36.4 Å². The minimum absolute atomic E-state index is 0.00178. The van der Waals surface area contributed by atoms with E-state index in [1.165, 1.54) is 38.5 Å². The highest BCUT2D eigenvalue weighted by molar-refractivity contribution is 6.30. The Morgan fingerprint density at radius 1 is 1.13 bits per heavy atom. The van der Waals surface area contributed by atoms with E-state index in [9.17, 15) is 18.0 Å². The van der Waals surface area contributed by atoms with E-state index in [0.717, 1.165) is 16.8 Å². The number of halogens is 4. The first-order valence-electron chi connectivity index (χ1n) is 8.28. The number of carbonyl (C=O) groups excluding carboxylic acids is 1. The summed E-state index contributed by atoms with van der Waals surface area (Å²) in [4.78, 5) is 11.6. The van der Waals surface area contributed by atoms with E-state index in [1.54, 1.807) is 0 Å². The molecule has 8 nitrogen and oxygen atoms in total. The average Bonchev–Trinajstić information content (AvgIpc) is 3.19. The zero-order valence-electron chi connectivity index (χ0n) is 15.6. The van der Waals surface area contributed by atoms with Crippen molar-refractivity contribution in [2.45, 2.75) is 12.8 Å². The number of hydrogen-bond acceptors (Lipinski definition) is 7. The van der Waals surface area contributed by atoms with Gasteiger partial charge >= 0.3 is 12.1 Å². The molecule has 12 heteroatoms. The van der Waals surface area contributed by atoms with Crippen molar-refractivity contribution in [3.05, 3.63) is 58.4 Å². The van der Waals surface area contributed by atoms with Crippen LogP contribution >= 0.6 is 11.6 Å². The highest BCUT2D eigenvalue weighted by Gasteiger charge is 2.35. The molecule has 0 fully saturated rings. The molecule has 0 N–H and O–H groups in total. The first-order chi connectivity index (χ1) is 14.2. The highest BCUT2D eigenvalue weighted by Crippen LogP contribution is 2.36. The monoisotopic (exact) mass is 442 g/mol. The second kappa shape index (κ2) is 8.57. The van der Waals surface area contributed by atoms with Crippen LogP contribution in [-0.4, -0.2) is 40.4 Å². The Morgan fingerprint density at radius 3 is 2.57 bits per heavy atom. The molecule has 30 heavy (non-hydrogen) atoms. The zero-order chi connectivity index (χ0) is 21.9. The summed E-state index contributed by atoms with van der Waals surface area (Å²) in [6.07, 6.45) is -4.67. The fourth-order valence-electron chi connectivity index (χ4n) is 2.58. The molecule has 3 rings (SSSR count). The van der Waals surface area contributed by atoms with Crippen LogP contribution in [0.4, 0.5) is 13.2 Å². The first kappa shape index (κ1) is 21.4. The van der Waals surface area contributed by atoms with E-state index in [-0.39, 0.29) is 40.2 Å². The molecule has 0 unspecified atom stereocenters. The summed E-state index contributed by atoms with van der Waals surface area (Å²) >= 11 is 5.71. The molecular weight excluding hydrogens is 429 g/mol. The first-order valence-corrected chi connectivity index (χ1v) is 8.66. The standard InChI is InChI=1S/C18H14ClF3N4O4/c1-28-15-7-10(17(27)29-2)3-6-14(15)30-9-16-23-24-25-26(16)13-5-4-11(19)8-12(13)18(20,21)22/h3-8H,9H2,1-2H3. The SMILES string of the molecule is COC(=O)c1ccc(OCc2nnnn2-c2ccc(Cl)cc2C(F)(F)F)c(OC)c1. The van der Waals surface area contributed by atoms with Gasteiger partial charge in [-0.15, -0.1) is 5.10 Å².